The van der Waals surface area contributed by atoms with Gasteiger partial charge in [0.1, 0.15) is 6.61 Å². The minimum absolute atomic E-state index is 0.218. The van der Waals surface area contributed by atoms with Crippen molar-refractivity contribution in [2.24, 2.45) is 0 Å². The van der Waals surface area contributed by atoms with Gasteiger partial charge in [-0.25, -0.2) is 4.79 Å². The van der Waals surface area contributed by atoms with Crippen LogP contribution in [0.1, 0.15) is 11.1 Å². The van der Waals surface area contributed by atoms with Crippen molar-refractivity contribution in [3.05, 3.63) is 77.9 Å². The largest absolute Gasteiger partial charge is 0.443 e. The summed E-state index contributed by atoms with van der Waals surface area (Å²) in [5, 5.41) is 0. The second-order valence-electron chi connectivity index (χ2n) is 4.29. The van der Waals surface area contributed by atoms with Crippen molar-refractivity contribution in [3.63, 3.8) is 0 Å². The summed E-state index contributed by atoms with van der Waals surface area (Å²) in [6.45, 7) is 0.491. The summed E-state index contributed by atoms with van der Waals surface area (Å²) in [7, 11) is 0. The predicted molar refractivity (Wildman–Crippen MR) is 81.2 cm³/mol. The van der Waals surface area contributed by atoms with Crippen LogP contribution in [0.15, 0.2) is 66.7 Å². The van der Waals surface area contributed by atoms with Crippen LogP contribution in [-0.2, 0) is 16.2 Å². The Labute approximate surface area is 124 Å². The Hall–Kier alpha value is -2.59. The van der Waals surface area contributed by atoms with E-state index in [1.54, 1.807) is 0 Å². The third-order valence-corrected chi connectivity index (χ3v) is 2.66. The molecule has 4 heteroatoms. The summed E-state index contributed by atoms with van der Waals surface area (Å²) >= 11 is 0. The summed E-state index contributed by atoms with van der Waals surface area (Å²) in [4.78, 5) is 16.4. The van der Waals surface area contributed by atoms with E-state index >= 15 is 0 Å². The smallest absolute Gasteiger partial charge is 0.431 e. The molecule has 0 radical (unpaired) electrons. The number of hydrogen-bond acceptors (Lipinski definition) is 3. The molecule has 0 saturated heterocycles. The molecular weight excluding hydrogens is 266 g/mol. The highest BCUT2D eigenvalue weighted by Gasteiger charge is 2.01. The molecule has 0 aliphatic heterocycles. The Morgan fingerprint density at radius 3 is 2.38 bits per heavy atom. The van der Waals surface area contributed by atoms with Crippen LogP contribution in [-0.4, -0.2) is 12.7 Å². The van der Waals surface area contributed by atoms with Crippen molar-refractivity contribution in [2.75, 3.05) is 6.61 Å². The maximum Gasteiger partial charge on any atom is 0.431 e. The number of nitrogens with one attached hydrogen (secondary N) is 1. The molecule has 2 rings (SSSR count). The SMILES string of the molecule is O=C(NOC/C=C/c1ccccc1)OCc1ccccc1. The maximum atomic E-state index is 11.4. The predicted octanol–water partition coefficient (Wildman–Crippen LogP) is 3.56. The monoisotopic (exact) mass is 283 g/mol. The molecule has 0 atom stereocenters. The Morgan fingerprint density at radius 2 is 1.67 bits per heavy atom. The number of ether oxygens (including phenoxy) is 1. The van der Waals surface area contributed by atoms with Gasteiger partial charge in [-0.05, 0) is 11.1 Å². The lowest BCUT2D eigenvalue weighted by Crippen LogP contribution is -2.24. The van der Waals surface area contributed by atoms with Gasteiger partial charge in [0.2, 0.25) is 0 Å². The molecule has 0 fully saturated rings. The van der Waals surface area contributed by atoms with E-state index in [0.717, 1.165) is 11.1 Å². The molecule has 0 aliphatic rings. The molecule has 0 heterocycles. The minimum atomic E-state index is -0.605. The lowest BCUT2D eigenvalue weighted by atomic mass is 10.2. The molecule has 2 aromatic rings. The summed E-state index contributed by atoms with van der Waals surface area (Å²) in [5.74, 6) is 0. The third kappa shape index (κ3) is 5.93. The van der Waals surface area contributed by atoms with Crippen molar-refractivity contribution >= 4 is 12.2 Å². The second kappa shape index (κ2) is 8.55. The van der Waals surface area contributed by atoms with E-state index in [1.807, 2.05) is 72.8 Å². The second-order valence-corrected chi connectivity index (χ2v) is 4.29. The first-order valence-corrected chi connectivity index (χ1v) is 6.64. The van der Waals surface area contributed by atoms with Gasteiger partial charge >= 0.3 is 6.09 Å². The fourth-order valence-corrected chi connectivity index (χ4v) is 1.65. The number of benzene rings is 2. The van der Waals surface area contributed by atoms with E-state index in [2.05, 4.69) is 5.48 Å². The summed E-state index contributed by atoms with van der Waals surface area (Å²) in [6, 6.07) is 19.3. The highest BCUT2D eigenvalue weighted by atomic mass is 16.7. The van der Waals surface area contributed by atoms with Crippen molar-refractivity contribution < 1.29 is 14.4 Å². The van der Waals surface area contributed by atoms with Crippen molar-refractivity contribution in [3.8, 4) is 0 Å². The molecule has 1 amide bonds. The molecule has 2 aromatic carbocycles. The maximum absolute atomic E-state index is 11.4. The zero-order valence-corrected chi connectivity index (χ0v) is 11.6. The third-order valence-electron chi connectivity index (χ3n) is 2.66. The van der Waals surface area contributed by atoms with E-state index in [9.17, 15) is 4.79 Å². The average molecular weight is 283 g/mol. The van der Waals surface area contributed by atoms with E-state index < -0.39 is 6.09 Å². The molecular formula is C17H17NO3. The molecule has 0 aromatic heterocycles. The standard InChI is InChI=1S/C17H17NO3/c19-17(20-14-16-10-5-2-6-11-16)18-21-13-7-12-15-8-3-1-4-9-15/h1-12H,13-14H2,(H,18,19)/b12-7+. The molecule has 0 bridgehead atoms. The molecule has 0 aliphatic carbocycles. The number of hydroxylamine groups is 1. The molecule has 0 spiro atoms. The van der Waals surface area contributed by atoms with Crippen LogP contribution in [0.4, 0.5) is 4.79 Å². The van der Waals surface area contributed by atoms with Crippen molar-refractivity contribution in [1.29, 1.82) is 0 Å². The number of amides is 1. The van der Waals surface area contributed by atoms with Crippen LogP contribution in [0.25, 0.3) is 6.08 Å². The fourth-order valence-electron chi connectivity index (χ4n) is 1.65. The van der Waals surface area contributed by atoms with E-state index in [1.165, 1.54) is 0 Å². The molecule has 4 nitrogen and oxygen atoms in total. The van der Waals surface area contributed by atoms with Gasteiger partial charge in [0.25, 0.3) is 0 Å². The fraction of sp³-hybridized carbons (Fsp3) is 0.118. The minimum Gasteiger partial charge on any atom is -0.443 e. The van der Waals surface area contributed by atoms with Crippen LogP contribution in [0.3, 0.4) is 0 Å². The van der Waals surface area contributed by atoms with Gasteiger partial charge in [0.15, 0.2) is 0 Å². The lowest BCUT2D eigenvalue weighted by Gasteiger charge is -2.05. The lowest BCUT2D eigenvalue weighted by molar-refractivity contribution is 0.0390. The Balaban J connectivity index is 1.60. The van der Waals surface area contributed by atoms with Crippen molar-refractivity contribution in [2.45, 2.75) is 6.61 Å². The quantitative estimate of drug-likeness (QED) is 0.651. The Bertz CT molecular complexity index is 567. The highest BCUT2D eigenvalue weighted by Crippen LogP contribution is 2.01. The summed E-state index contributed by atoms with van der Waals surface area (Å²) < 4.78 is 4.99. The van der Waals surface area contributed by atoms with Gasteiger partial charge in [-0.1, -0.05) is 72.8 Å². The molecule has 1 N–H and O–H groups in total. The van der Waals surface area contributed by atoms with Crippen LogP contribution in [0.2, 0.25) is 0 Å². The normalized spacial score (nSPS) is 10.5. The van der Waals surface area contributed by atoms with E-state index in [0.29, 0.717) is 0 Å². The zero-order valence-electron chi connectivity index (χ0n) is 11.6. The highest BCUT2D eigenvalue weighted by molar-refractivity contribution is 5.65. The topological polar surface area (TPSA) is 47.6 Å². The van der Waals surface area contributed by atoms with Crippen LogP contribution in [0, 0.1) is 0 Å². The van der Waals surface area contributed by atoms with Crippen LogP contribution < -0.4 is 5.48 Å². The Kier molecular flexibility index (Phi) is 6.03. The van der Waals surface area contributed by atoms with Gasteiger partial charge in [-0.2, -0.15) is 5.48 Å². The first kappa shape index (κ1) is 14.8. The van der Waals surface area contributed by atoms with E-state index in [4.69, 9.17) is 9.57 Å². The average Bonchev–Trinajstić information content (AvgIpc) is 2.54. The molecule has 0 saturated carbocycles. The van der Waals surface area contributed by atoms with Gasteiger partial charge in [0.05, 0.1) is 6.61 Å². The van der Waals surface area contributed by atoms with E-state index in [-0.39, 0.29) is 13.2 Å². The number of rotatable bonds is 6. The number of carbonyl (C=O) groups excluding carboxylic acids is 1. The summed E-state index contributed by atoms with van der Waals surface area (Å²) in [5.41, 5.74) is 4.23. The van der Waals surface area contributed by atoms with Crippen molar-refractivity contribution in [1.82, 2.24) is 5.48 Å². The molecule has 108 valence electrons. The van der Waals surface area contributed by atoms with Gasteiger partial charge < -0.3 is 4.74 Å². The number of hydrogen-bond donors (Lipinski definition) is 1. The van der Waals surface area contributed by atoms with Gasteiger partial charge in [-0.3, -0.25) is 4.84 Å². The number of carbonyl (C=O) groups is 1. The molecule has 0 unspecified atom stereocenters. The van der Waals surface area contributed by atoms with Gasteiger partial charge in [-0.15, -0.1) is 0 Å². The summed E-state index contributed by atoms with van der Waals surface area (Å²) in [6.07, 6.45) is 3.12. The van der Waals surface area contributed by atoms with Gasteiger partial charge in [0, 0.05) is 0 Å². The Morgan fingerprint density at radius 1 is 1.00 bits per heavy atom. The first-order valence-electron chi connectivity index (χ1n) is 6.64. The van der Waals surface area contributed by atoms with Crippen LogP contribution in [0.5, 0.6) is 0 Å². The van der Waals surface area contributed by atoms with Crippen LogP contribution >= 0.6 is 0 Å². The zero-order chi connectivity index (χ0) is 14.8. The molecule has 21 heavy (non-hydrogen) atoms. The first-order chi connectivity index (χ1) is 10.3.